The highest BCUT2D eigenvalue weighted by molar-refractivity contribution is 6.20. The van der Waals surface area contributed by atoms with Crippen molar-refractivity contribution in [2.75, 3.05) is 13.2 Å². The summed E-state index contributed by atoms with van der Waals surface area (Å²) < 4.78 is 15.7. The third-order valence-corrected chi connectivity index (χ3v) is 12.3. The Morgan fingerprint density at radius 3 is 1.98 bits per heavy atom. The van der Waals surface area contributed by atoms with Gasteiger partial charge < -0.3 is 15.2 Å². The number of aromatic nitrogens is 2. The zero-order valence-corrected chi connectivity index (χ0v) is 32.2. The molecule has 53 heavy (non-hydrogen) atoms. The summed E-state index contributed by atoms with van der Waals surface area (Å²) in [6.07, 6.45) is 17.4. The molecule has 0 bridgehead atoms. The predicted octanol–water partition coefficient (Wildman–Crippen LogP) is 4.79. The highest BCUT2D eigenvalue weighted by Crippen LogP contribution is 2.51. The van der Waals surface area contributed by atoms with Crippen LogP contribution in [-0.2, 0) is 37.9 Å². The first-order chi connectivity index (χ1) is 25.5. The minimum absolute atomic E-state index is 0.182. The zero-order valence-electron chi connectivity index (χ0n) is 32.2. The molecule has 1 atom stereocenters. The monoisotopic (exact) mass is 717 g/mol. The van der Waals surface area contributed by atoms with Crippen molar-refractivity contribution >= 4 is 47.5 Å². The highest BCUT2D eigenvalue weighted by Gasteiger charge is 2.73. The Hall–Kier alpha value is -4.99. The average Bonchev–Trinajstić information content (AvgIpc) is 3.77. The van der Waals surface area contributed by atoms with Crippen LogP contribution in [0.15, 0.2) is 39.8 Å². The van der Waals surface area contributed by atoms with Crippen LogP contribution in [0.4, 0.5) is 0 Å². The fourth-order valence-electron chi connectivity index (χ4n) is 9.76. The lowest BCUT2D eigenvalue weighted by atomic mass is 9.96. The van der Waals surface area contributed by atoms with Crippen LogP contribution in [0.25, 0.3) is 18.2 Å². The van der Waals surface area contributed by atoms with E-state index in [0.717, 1.165) is 82.9 Å². The van der Waals surface area contributed by atoms with Gasteiger partial charge in [-0.3, -0.25) is 14.4 Å². The Bertz CT molecular complexity index is 2390. The van der Waals surface area contributed by atoms with Crippen LogP contribution in [0.1, 0.15) is 120 Å². The van der Waals surface area contributed by atoms with Crippen LogP contribution in [-0.4, -0.2) is 65.8 Å². The lowest BCUT2D eigenvalue weighted by Gasteiger charge is -2.38. The van der Waals surface area contributed by atoms with E-state index in [-0.39, 0.29) is 18.3 Å². The molecule has 0 fully saturated rings. The molecule has 10 nitrogen and oxygen atoms in total. The summed E-state index contributed by atoms with van der Waals surface area (Å²) in [6, 6.07) is 0. The number of esters is 1. The van der Waals surface area contributed by atoms with E-state index in [9.17, 15) is 19.5 Å². The van der Waals surface area contributed by atoms with E-state index in [2.05, 4.69) is 89.4 Å². The molecule has 0 radical (unpaired) electrons. The second-order valence-electron chi connectivity index (χ2n) is 15.2. The molecule has 276 valence electrons. The van der Waals surface area contributed by atoms with Crippen molar-refractivity contribution in [1.82, 2.24) is 14.5 Å². The number of hydrogen-bond acceptors (Lipinski definition) is 4. The SMILES string of the molecule is CCCCC1=C(C)C2=[N+]3C1=Cc1c(C)c(CCC(=O)NCC(=O)O)c4n1C31n3c(c(C)c(CCC(=O)OCC)c3=CC3=[N+]1C(=C2)C(CCCC)=C3C)=C4. The highest BCUT2D eigenvalue weighted by atomic mass is 16.5. The molecule has 8 rings (SSSR count). The third kappa shape index (κ3) is 4.79. The van der Waals surface area contributed by atoms with Crippen molar-refractivity contribution in [2.24, 2.45) is 0 Å². The molecule has 10 heteroatoms. The fourth-order valence-corrected chi connectivity index (χ4v) is 9.76. The van der Waals surface area contributed by atoms with Crippen molar-refractivity contribution in [3.05, 3.63) is 84.1 Å². The summed E-state index contributed by atoms with van der Waals surface area (Å²) in [5, 5.41) is 14.0. The number of carboxylic acid groups (broad SMARTS) is 1. The summed E-state index contributed by atoms with van der Waals surface area (Å²) in [6.45, 7) is 15.3. The molecule has 1 amide bonds. The molecule has 0 aliphatic carbocycles. The topological polar surface area (TPSA) is 109 Å². The van der Waals surface area contributed by atoms with E-state index in [4.69, 9.17) is 4.74 Å². The van der Waals surface area contributed by atoms with E-state index in [1.165, 1.54) is 45.1 Å². The van der Waals surface area contributed by atoms with E-state index < -0.39 is 18.4 Å². The van der Waals surface area contributed by atoms with Crippen LogP contribution in [0, 0.1) is 13.8 Å². The molecular formula is C43H51N5O5+2. The maximum atomic E-state index is 13.0. The molecule has 6 aliphatic rings. The van der Waals surface area contributed by atoms with E-state index in [1.54, 1.807) is 0 Å². The molecule has 2 aromatic rings. The van der Waals surface area contributed by atoms with Crippen molar-refractivity contribution < 1.29 is 33.4 Å². The van der Waals surface area contributed by atoms with Crippen LogP contribution in [0.5, 0.6) is 0 Å². The second-order valence-corrected chi connectivity index (χ2v) is 15.2. The number of carbonyl (C=O) groups is 3. The van der Waals surface area contributed by atoms with Gasteiger partial charge in [0, 0.05) is 47.3 Å². The Kier molecular flexibility index (Phi) is 8.50. The van der Waals surface area contributed by atoms with Crippen LogP contribution < -0.4 is 16.0 Å². The van der Waals surface area contributed by atoms with Crippen LogP contribution in [0.3, 0.4) is 0 Å². The summed E-state index contributed by atoms with van der Waals surface area (Å²) in [7, 11) is 0. The van der Waals surface area contributed by atoms with Gasteiger partial charge >= 0.3 is 17.8 Å². The van der Waals surface area contributed by atoms with Gasteiger partial charge in [0.1, 0.15) is 6.54 Å². The Morgan fingerprint density at radius 2 is 1.36 bits per heavy atom. The number of carbonyl (C=O) groups excluding carboxylic acids is 2. The maximum absolute atomic E-state index is 13.0. The summed E-state index contributed by atoms with van der Waals surface area (Å²) in [5.74, 6) is -2.37. The minimum Gasteiger partial charge on any atom is -0.480 e. The largest absolute Gasteiger partial charge is 0.553 e. The van der Waals surface area contributed by atoms with Gasteiger partial charge in [0.25, 0.3) is 0 Å². The number of nitrogens with one attached hydrogen (secondary N) is 1. The third-order valence-electron chi connectivity index (χ3n) is 12.3. The van der Waals surface area contributed by atoms with E-state index in [0.29, 0.717) is 25.9 Å². The van der Waals surface area contributed by atoms with Crippen LogP contribution >= 0.6 is 0 Å². The maximum Gasteiger partial charge on any atom is 0.553 e. The van der Waals surface area contributed by atoms with Gasteiger partial charge in [-0.05, 0) is 101 Å². The molecule has 0 saturated carbocycles. The standard InChI is InChI=1S/C43H49N5O5/c1-8-11-13-28-24(4)32-19-36-29(14-12-9-2)25(5)33-21-39-31(16-18-42(52)53-10-3)27(7)35-22-38-30(15-17-40(49)44-23-41(50)51)26(6)34-20-37(28)45(32)43(46(33)36,47(34)38)48(35)39/h19-22H,8-18,23H2,1-7H3/p+2. The second kappa shape index (κ2) is 12.8. The first kappa shape index (κ1) is 35.1. The van der Waals surface area contributed by atoms with Gasteiger partial charge in [-0.15, -0.1) is 0 Å². The van der Waals surface area contributed by atoms with Gasteiger partial charge in [-0.25, -0.2) is 0 Å². The molecule has 1 spiro atoms. The molecule has 1 unspecified atom stereocenters. The van der Waals surface area contributed by atoms with Gasteiger partial charge in [-0.2, -0.15) is 9.13 Å². The molecule has 0 aromatic carbocycles. The molecule has 6 aliphatic heterocycles. The number of allylic oxidation sites excluding steroid dienone is 5. The number of carboxylic acids is 1. The Morgan fingerprint density at radius 1 is 0.736 bits per heavy atom. The van der Waals surface area contributed by atoms with Crippen molar-refractivity contribution in [2.45, 2.75) is 119 Å². The lowest BCUT2D eigenvalue weighted by Crippen LogP contribution is -2.70. The van der Waals surface area contributed by atoms with Gasteiger partial charge in [0.15, 0.2) is 0 Å². The quantitative estimate of drug-likeness (QED) is 0.204. The summed E-state index contributed by atoms with van der Waals surface area (Å²) in [4.78, 5) is 37.0. The number of nitrogens with zero attached hydrogens (tertiary/aromatic N) is 4. The van der Waals surface area contributed by atoms with Crippen LogP contribution in [0.2, 0.25) is 0 Å². The van der Waals surface area contributed by atoms with E-state index in [1.807, 2.05) is 6.92 Å². The normalized spacial score (nSPS) is 19.6. The number of rotatable bonds is 15. The molecule has 2 aromatic heterocycles. The summed E-state index contributed by atoms with van der Waals surface area (Å²) in [5.41, 5.74) is 17.0. The number of amides is 1. The van der Waals surface area contributed by atoms with Gasteiger partial charge in [0.05, 0.1) is 34.8 Å². The minimum atomic E-state index is -1.06. The van der Waals surface area contributed by atoms with Crippen molar-refractivity contribution in [3.8, 4) is 0 Å². The molecular weight excluding hydrogens is 667 g/mol. The zero-order chi connectivity index (χ0) is 37.5. The smallest absolute Gasteiger partial charge is 0.480 e. The number of hydrogen-bond donors (Lipinski definition) is 2. The average molecular weight is 718 g/mol. The molecule has 8 heterocycles. The number of aliphatic carboxylic acids is 1. The predicted molar refractivity (Wildman–Crippen MR) is 204 cm³/mol. The van der Waals surface area contributed by atoms with Crippen molar-refractivity contribution in [1.29, 1.82) is 0 Å². The number of ether oxygens (including phenoxy) is 1. The van der Waals surface area contributed by atoms with Crippen molar-refractivity contribution in [3.63, 3.8) is 0 Å². The first-order valence-electron chi connectivity index (χ1n) is 19.5. The molecule has 2 N–H and O–H groups in total. The van der Waals surface area contributed by atoms with Gasteiger partial charge in [-0.1, -0.05) is 35.8 Å². The number of unbranched alkanes of at least 4 members (excludes halogenated alkanes) is 2. The Balaban J connectivity index is 1.45. The summed E-state index contributed by atoms with van der Waals surface area (Å²) >= 11 is 0. The van der Waals surface area contributed by atoms with E-state index >= 15 is 0 Å². The fraction of sp³-hybridized carbons (Fsp3) is 0.465. The van der Waals surface area contributed by atoms with Gasteiger partial charge in [0.2, 0.25) is 28.7 Å². The lowest BCUT2D eigenvalue weighted by molar-refractivity contribution is -0.837. The molecule has 0 saturated heterocycles. The first-order valence-corrected chi connectivity index (χ1v) is 19.5. The Labute approximate surface area is 310 Å².